The Labute approximate surface area is 225 Å². The van der Waals surface area contributed by atoms with Gasteiger partial charge in [-0.2, -0.15) is 10.5 Å². The molecule has 0 bridgehead atoms. The van der Waals surface area contributed by atoms with Crippen molar-refractivity contribution in [3.05, 3.63) is 0 Å². The first kappa shape index (κ1) is 39.4. The van der Waals surface area contributed by atoms with Gasteiger partial charge in [-0.15, -0.1) is 15.8 Å². The average Bonchev–Trinajstić information content (AvgIpc) is 2.63. The van der Waals surface area contributed by atoms with E-state index in [2.05, 4.69) is 83.1 Å². The Morgan fingerprint density at radius 3 is 0.743 bits per heavy atom. The van der Waals surface area contributed by atoms with Crippen LogP contribution in [0, 0.1) is 44.3 Å². The first-order valence-corrected chi connectivity index (χ1v) is 17.6. The van der Waals surface area contributed by atoms with E-state index in [4.69, 9.17) is 10.5 Å². The Morgan fingerprint density at radius 2 is 0.600 bits per heavy atom. The Morgan fingerprint density at radius 1 is 0.429 bits per heavy atom. The monoisotopic (exact) mass is 526 g/mol. The van der Waals surface area contributed by atoms with E-state index in [0.717, 1.165) is 0 Å². The van der Waals surface area contributed by atoms with Crippen LogP contribution in [-0.4, -0.2) is 37.0 Å². The molecule has 0 N–H and O–H groups in total. The fraction of sp³-hybridized carbons (Fsp3) is 0.935. The summed E-state index contributed by atoms with van der Waals surface area (Å²) in [4.78, 5) is 0. The molecule has 0 aliphatic heterocycles. The molecule has 0 radical (unpaired) electrons. The molecular formula is C31H64N2P2. The lowest BCUT2D eigenvalue weighted by Crippen LogP contribution is -2.13. The van der Waals surface area contributed by atoms with Gasteiger partial charge in [0.05, 0.1) is 12.1 Å². The number of nitrogens with zero attached hydrogens (tertiary/aromatic N) is 2. The van der Waals surface area contributed by atoms with E-state index in [1.165, 1.54) is 82.9 Å². The van der Waals surface area contributed by atoms with Crippen LogP contribution in [0.15, 0.2) is 0 Å². The summed E-state index contributed by atoms with van der Waals surface area (Å²) in [7, 11) is 0.453. The highest BCUT2D eigenvalue weighted by Gasteiger charge is 2.21. The molecule has 0 aliphatic rings. The van der Waals surface area contributed by atoms with Crippen molar-refractivity contribution in [3.8, 4) is 12.1 Å². The third kappa shape index (κ3) is 38.5. The molecule has 0 aromatic heterocycles. The van der Waals surface area contributed by atoms with Crippen molar-refractivity contribution in [1.29, 1.82) is 10.5 Å². The van der Waals surface area contributed by atoms with Crippen molar-refractivity contribution >= 4 is 15.8 Å². The fourth-order valence-corrected chi connectivity index (χ4v) is 9.91. The minimum absolute atomic E-state index is 0.227. The van der Waals surface area contributed by atoms with Gasteiger partial charge in [0, 0.05) is 13.8 Å². The molecule has 0 unspecified atom stereocenters. The van der Waals surface area contributed by atoms with Crippen LogP contribution >= 0.6 is 15.8 Å². The smallest absolute Gasteiger partial charge is 0.0587 e. The van der Waals surface area contributed by atoms with Gasteiger partial charge < -0.3 is 0 Å². The quantitative estimate of drug-likeness (QED) is 0.237. The number of hydrogen-bond donors (Lipinski definition) is 0. The summed E-state index contributed by atoms with van der Waals surface area (Å²) in [6, 6.07) is 3.50. The third-order valence-corrected chi connectivity index (χ3v) is 11.0. The summed E-state index contributed by atoms with van der Waals surface area (Å²) in [6.45, 7) is 31.9. The standard InChI is InChI=1S/C27H58P2.2C2H3N/c1-24(2,3)14-20-28(21-15-25(4,5)6)18-13-19-29(22-16-26(7,8)9)23-17-27(10,11)12;2*1-2-3/h13-23H2,1-12H3;2*1H3. The molecule has 0 aliphatic carbocycles. The van der Waals surface area contributed by atoms with Crippen molar-refractivity contribution in [2.24, 2.45) is 21.7 Å². The van der Waals surface area contributed by atoms with Crippen LogP contribution in [-0.2, 0) is 0 Å². The van der Waals surface area contributed by atoms with Crippen LogP contribution in [0.25, 0.3) is 0 Å². The lowest BCUT2D eigenvalue weighted by atomic mass is 9.93. The third-order valence-electron chi connectivity index (χ3n) is 5.66. The molecule has 0 heterocycles. The minimum Gasteiger partial charge on any atom is -0.199 e. The van der Waals surface area contributed by atoms with Gasteiger partial charge in [0.1, 0.15) is 0 Å². The fourth-order valence-electron chi connectivity index (χ4n) is 3.16. The number of rotatable bonds is 12. The summed E-state index contributed by atoms with van der Waals surface area (Å²) < 4.78 is 0. The van der Waals surface area contributed by atoms with Crippen molar-refractivity contribution in [1.82, 2.24) is 0 Å². The second-order valence-electron chi connectivity index (χ2n) is 14.7. The van der Waals surface area contributed by atoms with Crippen molar-refractivity contribution in [3.63, 3.8) is 0 Å². The van der Waals surface area contributed by atoms with E-state index in [-0.39, 0.29) is 15.8 Å². The van der Waals surface area contributed by atoms with Gasteiger partial charge >= 0.3 is 0 Å². The lowest BCUT2D eigenvalue weighted by Gasteiger charge is -2.29. The first-order valence-electron chi connectivity index (χ1n) is 13.8. The van der Waals surface area contributed by atoms with E-state index < -0.39 is 0 Å². The van der Waals surface area contributed by atoms with E-state index in [1.54, 1.807) is 12.1 Å². The summed E-state index contributed by atoms with van der Waals surface area (Å²) in [5.74, 6) is 0. The molecule has 0 rings (SSSR count). The maximum Gasteiger partial charge on any atom is 0.0587 e. The van der Waals surface area contributed by atoms with Gasteiger partial charge in [-0.3, -0.25) is 0 Å². The molecule has 35 heavy (non-hydrogen) atoms. The largest absolute Gasteiger partial charge is 0.199 e. The molecule has 0 amide bonds. The average molecular weight is 527 g/mol. The number of hydrogen-bond acceptors (Lipinski definition) is 2. The highest BCUT2D eigenvalue weighted by molar-refractivity contribution is 7.58. The molecule has 4 heteroatoms. The van der Waals surface area contributed by atoms with Crippen molar-refractivity contribution in [2.75, 3.05) is 37.0 Å². The van der Waals surface area contributed by atoms with E-state index in [0.29, 0.717) is 21.7 Å². The maximum absolute atomic E-state index is 7.32. The van der Waals surface area contributed by atoms with E-state index >= 15 is 0 Å². The summed E-state index contributed by atoms with van der Waals surface area (Å²) >= 11 is 0. The van der Waals surface area contributed by atoms with Gasteiger partial charge in [-0.25, -0.2) is 0 Å². The molecule has 0 atom stereocenters. The molecule has 0 saturated heterocycles. The summed E-state index contributed by atoms with van der Waals surface area (Å²) in [5, 5.41) is 14.6. The highest BCUT2D eigenvalue weighted by Crippen LogP contribution is 2.46. The van der Waals surface area contributed by atoms with Gasteiger partial charge in [0.2, 0.25) is 0 Å². The molecule has 0 fully saturated rings. The van der Waals surface area contributed by atoms with Crippen molar-refractivity contribution < 1.29 is 0 Å². The zero-order chi connectivity index (χ0) is 28.3. The minimum atomic E-state index is 0.227. The summed E-state index contributed by atoms with van der Waals surface area (Å²) in [5.41, 5.74) is 1.98. The van der Waals surface area contributed by atoms with Crippen LogP contribution in [0.5, 0.6) is 0 Å². The Kier molecular flexibility index (Phi) is 22.4. The number of nitriles is 2. The highest BCUT2D eigenvalue weighted by atomic mass is 31.1. The second kappa shape index (κ2) is 19.9. The topological polar surface area (TPSA) is 47.6 Å². The van der Waals surface area contributed by atoms with E-state index in [1.807, 2.05) is 0 Å². The predicted octanol–water partition coefficient (Wildman–Crippen LogP) is 11.1. The molecule has 2 nitrogen and oxygen atoms in total. The van der Waals surface area contributed by atoms with Crippen LogP contribution in [0.1, 0.15) is 129 Å². The molecule has 0 aromatic rings. The van der Waals surface area contributed by atoms with Crippen LogP contribution < -0.4 is 0 Å². The van der Waals surface area contributed by atoms with Crippen LogP contribution in [0.4, 0.5) is 0 Å². The van der Waals surface area contributed by atoms with Crippen molar-refractivity contribution in [2.45, 2.75) is 129 Å². The molecule has 208 valence electrons. The van der Waals surface area contributed by atoms with Crippen LogP contribution in [0.3, 0.4) is 0 Å². The SMILES string of the molecule is CC#N.CC#N.CC(C)(C)CCP(CCCP(CCC(C)(C)C)CCC(C)(C)C)CCC(C)(C)C. The molecular weight excluding hydrogens is 462 g/mol. The maximum atomic E-state index is 7.32. The summed E-state index contributed by atoms with van der Waals surface area (Å²) in [6.07, 6.45) is 16.2. The Hall–Kier alpha value is -0.160. The van der Waals surface area contributed by atoms with Gasteiger partial charge in [0.15, 0.2) is 0 Å². The molecule has 0 saturated carbocycles. The second-order valence-corrected chi connectivity index (χ2v) is 20.1. The first-order chi connectivity index (χ1) is 15.7. The Bertz CT molecular complexity index is 484. The van der Waals surface area contributed by atoms with E-state index in [9.17, 15) is 0 Å². The van der Waals surface area contributed by atoms with Gasteiger partial charge in [-0.1, -0.05) is 83.1 Å². The predicted molar refractivity (Wildman–Crippen MR) is 167 cm³/mol. The molecule has 0 spiro atoms. The zero-order valence-corrected chi connectivity index (χ0v) is 28.4. The molecule has 0 aromatic carbocycles. The zero-order valence-electron chi connectivity index (χ0n) is 26.6. The van der Waals surface area contributed by atoms with Gasteiger partial charge in [-0.05, 0) is 90.7 Å². The van der Waals surface area contributed by atoms with Gasteiger partial charge in [0.25, 0.3) is 0 Å². The normalized spacial score (nSPS) is 12.3. The lowest BCUT2D eigenvalue weighted by molar-refractivity contribution is 0.394. The van der Waals surface area contributed by atoms with Crippen LogP contribution in [0.2, 0.25) is 0 Å². The Balaban J connectivity index is -0.00000153.